The van der Waals surface area contributed by atoms with Crippen molar-refractivity contribution in [3.05, 3.63) is 47.0 Å². The van der Waals surface area contributed by atoms with Gasteiger partial charge in [0.15, 0.2) is 0 Å². The lowest BCUT2D eigenvalue weighted by Crippen LogP contribution is -2.36. The number of hydrogen-bond acceptors (Lipinski definition) is 3. The van der Waals surface area contributed by atoms with Gasteiger partial charge in [0.25, 0.3) is 5.91 Å². The van der Waals surface area contributed by atoms with Crippen LogP contribution in [0.25, 0.3) is 5.69 Å². The Kier molecular flexibility index (Phi) is 3.94. The van der Waals surface area contributed by atoms with Gasteiger partial charge in [0.2, 0.25) is 0 Å². The van der Waals surface area contributed by atoms with E-state index in [0.29, 0.717) is 11.3 Å². The van der Waals surface area contributed by atoms with Gasteiger partial charge in [-0.2, -0.15) is 5.10 Å². The normalized spacial score (nSPS) is 17.7. The minimum atomic E-state index is -0.455. The summed E-state index contributed by atoms with van der Waals surface area (Å²) in [5.74, 6) is -0.698. The second-order valence-electron chi connectivity index (χ2n) is 5.67. The van der Waals surface area contributed by atoms with Gasteiger partial charge in [-0.15, -0.1) is 0 Å². The van der Waals surface area contributed by atoms with Crippen molar-refractivity contribution in [3.63, 3.8) is 0 Å². The summed E-state index contributed by atoms with van der Waals surface area (Å²) in [5, 5.41) is 10.4. The summed E-state index contributed by atoms with van der Waals surface area (Å²) in [5.41, 5.74) is 2.36. The maximum absolute atomic E-state index is 14.3. The third-order valence-electron chi connectivity index (χ3n) is 3.84. The molecule has 2 aromatic rings. The van der Waals surface area contributed by atoms with Crippen molar-refractivity contribution in [1.82, 2.24) is 20.4 Å². The molecular formula is C16H19FN4O. The Morgan fingerprint density at radius 2 is 2.23 bits per heavy atom. The van der Waals surface area contributed by atoms with Crippen LogP contribution >= 0.6 is 0 Å². The Balaban J connectivity index is 1.82. The highest BCUT2D eigenvalue weighted by molar-refractivity contribution is 5.94. The topological polar surface area (TPSA) is 59.0 Å². The van der Waals surface area contributed by atoms with Crippen molar-refractivity contribution in [2.24, 2.45) is 0 Å². The highest BCUT2D eigenvalue weighted by atomic mass is 19.1. The Labute approximate surface area is 128 Å². The zero-order valence-electron chi connectivity index (χ0n) is 12.7. The van der Waals surface area contributed by atoms with Gasteiger partial charge < -0.3 is 10.6 Å². The van der Waals surface area contributed by atoms with Crippen LogP contribution in [0.5, 0.6) is 0 Å². The average Bonchev–Trinajstić information content (AvgIpc) is 3.08. The van der Waals surface area contributed by atoms with Crippen LogP contribution < -0.4 is 10.6 Å². The number of nitrogens with one attached hydrogen (secondary N) is 2. The molecule has 116 valence electrons. The summed E-state index contributed by atoms with van der Waals surface area (Å²) in [4.78, 5) is 12.1. The number of rotatable bonds is 3. The minimum Gasteiger partial charge on any atom is -0.348 e. The molecular weight excluding hydrogens is 283 g/mol. The van der Waals surface area contributed by atoms with E-state index in [1.54, 1.807) is 16.8 Å². The lowest BCUT2D eigenvalue weighted by Gasteiger charge is -2.12. The number of halogens is 1. The Morgan fingerprint density at radius 3 is 2.82 bits per heavy atom. The van der Waals surface area contributed by atoms with Crippen LogP contribution in [-0.2, 0) is 0 Å². The van der Waals surface area contributed by atoms with Crippen LogP contribution in [0, 0.1) is 19.7 Å². The van der Waals surface area contributed by atoms with E-state index in [0.717, 1.165) is 30.9 Å². The van der Waals surface area contributed by atoms with E-state index in [2.05, 4.69) is 15.7 Å². The predicted molar refractivity (Wildman–Crippen MR) is 81.7 cm³/mol. The second-order valence-corrected chi connectivity index (χ2v) is 5.67. The van der Waals surface area contributed by atoms with Crippen LogP contribution in [-0.4, -0.2) is 34.8 Å². The molecule has 1 aliphatic rings. The number of benzene rings is 1. The van der Waals surface area contributed by atoms with Crippen molar-refractivity contribution >= 4 is 5.91 Å². The van der Waals surface area contributed by atoms with E-state index < -0.39 is 5.82 Å². The Morgan fingerprint density at radius 1 is 1.41 bits per heavy atom. The molecule has 0 saturated carbocycles. The van der Waals surface area contributed by atoms with Gasteiger partial charge in [0.05, 0.1) is 5.69 Å². The SMILES string of the molecule is Cc1cc(C)n(-c2ccc(C(=O)NC3CCNC3)cc2F)n1. The van der Waals surface area contributed by atoms with Gasteiger partial charge in [-0.25, -0.2) is 9.07 Å². The van der Waals surface area contributed by atoms with Gasteiger partial charge in [-0.05, 0) is 51.1 Å². The summed E-state index contributed by atoms with van der Waals surface area (Å²) in [6.07, 6.45) is 0.901. The van der Waals surface area contributed by atoms with E-state index >= 15 is 0 Å². The summed E-state index contributed by atoms with van der Waals surface area (Å²) in [6.45, 7) is 5.39. The molecule has 1 amide bonds. The molecule has 0 spiro atoms. The van der Waals surface area contributed by atoms with Crippen LogP contribution in [0.1, 0.15) is 28.2 Å². The van der Waals surface area contributed by atoms with Crippen molar-refractivity contribution in [3.8, 4) is 5.69 Å². The number of carbonyl (C=O) groups is 1. The molecule has 1 saturated heterocycles. The van der Waals surface area contributed by atoms with E-state index in [4.69, 9.17) is 0 Å². The smallest absolute Gasteiger partial charge is 0.251 e. The van der Waals surface area contributed by atoms with Crippen molar-refractivity contribution in [2.75, 3.05) is 13.1 Å². The predicted octanol–water partition coefficient (Wildman–Crippen LogP) is 1.72. The zero-order valence-corrected chi connectivity index (χ0v) is 12.7. The van der Waals surface area contributed by atoms with Gasteiger partial charge in [0, 0.05) is 23.8 Å². The van der Waals surface area contributed by atoms with Crippen LogP contribution in [0.4, 0.5) is 4.39 Å². The minimum absolute atomic E-state index is 0.117. The molecule has 2 heterocycles. The highest BCUT2D eigenvalue weighted by Crippen LogP contribution is 2.17. The summed E-state index contributed by atoms with van der Waals surface area (Å²) in [6, 6.07) is 6.49. The number of hydrogen-bond donors (Lipinski definition) is 2. The van der Waals surface area contributed by atoms with Gasteiger partial charge >= 0.3 is 0 Å². The van der Waals surface area contributed by atoms with Crippen molar-refractivity contribution in [1.29, 1.82) is 0 Å². The van der Waals surface area contributed by atoms with Crippen LogP contribution in [0.3, 0.4) is 0 Å². The number of carbonyl (C=O) groups excluding carboxylic acids is 1. The average molecular weight is 302 g/mol. The third kappa shape index (κ3) is 2.87. The van der Waals surface area contributed by atoms with Crippen LogP contribution in [0.15, 0.2) is 24.3 Å². The number of nitrogens with zero attached hydrogens (tertiary/aromatic N) is 2. The van der Waals surface area contributed by atoms with Gasteiger partial charge in [-0.3, -0.25) is 4.79 Å². The Bertz CT molecular complexity index is 704. The quantitative estimate of drug-likeness (QED) is 0.907. The molecule has 0 bridgehead atoms. The molecule has 0 aliphatic carbocycles. The molecule has 1 fully saturated rings. The molecule has 1 aromatic heterocycles. The maximum atomic E-state index is 14.3. The number of aromatic nitrogens is 2. The first-order valence-corrected chi connectivity index (χ1v) is 7.39. The zero-order chi connectivity index (χ0) is 15.7. The molecule has 6 heteroatoms. The first-order chi connectivity index (χ1) is 10.5. The fourth-order valence-corrected chi connectivity index (χ4v) is 2.74. The Hall–Kier alpha value is -2.21. The van der Waals surface area contributed by atoms with Gasteiger partial charge in [-0.1, -0.05) is 0 Å². The number of amides is 1. The van der Waals surface area contributed by atoms with E-state index in [1.807, 2.05) is 19.9 Å². The molecule has 1 aliphatic heterocycles. The lowest BCUT2D eigenvalue weighted by molar-refractivity contribution is 0.0939. The molecule has 5 nitrogen and oxygen atoms in total. The molecule has 2 N–H and O–H groups in total. The van der Waals surface area contributed by atoms with Crippen LogP contribution in [0.2, 0.25) is 0 Å². The molecule has 1 unspecified atom stereocenters. The fourth-order valence-electron chi connectivity index (χ4n) is 2.74. The molecule has 0 radical (unpaired) electrons. The van der Waals surface area contributed by atoms with Crippen molar-refractivity contribution < 1.29 is 9.18 Å². The summed E-state index contributed by atoms with van der Waals surface area (Å²) >= 11 is 0. The molecule has 22 heavy (non-hydrogen) atoms. The highest BCUT2D eigenvalue weighted by Gasteiger charge is 2.19. The van der Waals surface area contributed by atoms with E-state index in [1.165, 1.54) is 6.07 Å². The monoisotopic (exact) mass is 302 g/mol. The van der Waals surface area contributed by atoms with Gasteiger partial charge in [0.1, 0.15) is 11.5 Å². The molecule has 3 rings (SSSR count). The number of aryl methyl sites for hydroxylation is 2. The molecule has 1 aromatic carbocycles. The standard InChI is InChI=1S/C16H19FN4O/c1-10-7-11(2)21(20-10)15-4-3-12(8-14(15)17)16(22)19-13-5-6-18-9-13/h3-4,7-8,13,18H,5-6,9H2,1-2H3,(H,19,22). The summed E-state index contributed by atoms with van der Waals surface area (Å²) < 4.78 is 15.9. The van der Waals surface area contributed by atoms with E-state index in [9.17, 15) is 9.18 Å². The second kappa shape index (κ2) is 5.88. The lowest BCUT2D eigenvalue weighted by atomic mass is 10.1. The summed E-state index contributed by atoms with van der Waals surface area (Å²) in [7, 11) is 0. The molecule has 1 atom stereocenters. The van der Waals surface area contributed by atoms with E-state index in [-0.39, 0.29) is 11.9 Å². The first kappa shape index (κ1) is 14.7. The van der Waals surface area contributed by atoms with Crippen molar-refractivity contribution in [2.45, 2.75) is 26.3 Å². The first-order valence-electron chi connectivity index (χ1n) is 7.39. The maximum Gasteiger partial charge on any atom is 0.251 e. The third-order valence-corrected chi connectivity index (χ3v) is 3.84. The largest absolute Gasteiger partial charge is 0.348 e. The fraction of sp³-hybridized carbons (Fsp3) is 0.375.